The molecule has 0 radical (unpaired) electrons. The predicted molar refractivity (Wildman–Crippen MR) is 194 cm³/mol. The number of fused-ring (bicyclic) bond motifs is 1. The molecule has 14 heteroatoms. The highest BCUT2D eigenvalue weighted by molar-refractivity contribution is 5.94. The van der Waals surface area contributed by atoms with Crippen LogP contribution in [0.5, 0.6) is 0 Å². The first-order valence-corrected chi connectivity index (χ1v) is 17.8. The number of anilines is 1. The number of imidazole rings is 1. The van der Waals surface area contributed by atoms with Gasteiger partial charge in [0.15, 0.2) is 0 Å². The van der Waals surface area contributed by atoms with Gasteiger partial charge in [-0.25, -0.2) is 19.2 Å². The lowest BCUT2D eigenvalue weighted by atomic mass is 9.85. The summed E-state index contributed by atoms with van der Waals surface area (Å²) in [6.45, 7) is 2.23. The molecule has 52 heavy (non-hydrogen) atoms. The molecular weight excluding hydrogens is 664 g/mol. The Morgan fingerprint density at radius 3 is 2.17 bits per heavy atom. The Balaban J connectivity index is 0.946. The molecular formula is C38H44N8O6. The van der Waals surface area contributed by atoms with E-state index in [0.717, 1.165) is 22.3 Å². The number of aromatic amines is 1. The molecule has 0 aliphatic carbocycles. The van der Waals surface area contributed by atoms with Crippen LogP contribution in [0.3, 0.4) is 0 Å². The molecule has 4 heterocycles. The van der Waals surface area contributed by atoms with E-state index in [1.807, 2.05) is 89.8 Å². The molecule has 0 bridgehead atoms. The Kier molecular flexibility index (Phi) is 9.88. The molecule has 272 valence electrons. The second kappa shape index (κ2) is 14.8. The zero-order valence-corrected chi connectivity index (χ0v) is 29.2. The van der Waals surface area contributed by atoms with Crippen molar-refractivity contribution in [3.05, 3.63) is 101 Å². The van der Waals surface area contributed by atoms with Gasteiger partial charge >= 0.3 is 23.7 Å². The number of ether oxygens (including phenoxy) is 1. The number of piperidine rings is 2. The fraction of sp³-hybridized carbons (Fsp3) is 0.395. The van der Waals surface area contributed by atoms with Gasteiger partial charge in [0.25, 0.3) is 0 Å². The highest BCUT2D eigenvalue weighted by Gasteiger charge is 2.54. The smallest absolute Gasteiger partial charge is 0.330 e. The number of nitrogens with one attached hydrogen (secondary N) is 3. The van der Waals surface area contributed by atoms with Crippen molar-refractivity contribution < 1.29 is 23.9 Å². The molecule has 3 N–H and O–H groups in total. The molecule has 1 unspecified atom stereocenters. The summed E-state index contributed by atoms with van der Waals surface area (Å²) in [6, 6.07) is 25.3. The quantitative estimate of drug-likeness (QED) is 0.238. The number of nitrogens with zero attached hydrogens (tertiary/aromatic N) is 5. The minimum absolute atomic E-state index is 0.0475. The van der Waals surface area contributed by atoms with Crippen LogP contribution < -0.4 is 21.2 Å². The number of amides is 5. The monoisotopic (exact) mass is 708 g/mol. The largest absolute Gasteiger partial charge is 0.467 e. The second-order valence-corrected chi connectivity index (χ2v) is 13.7. The third-order valence-corrected chi connectivity index (χ3v) is 10.7. The van der Waals surface area contributed by atoms with Crippen molar-refractivity contribution in [3.8, 4) is 0 Å². The first-order chi connectivity index (χ1) is 25.3. The third-order valence-electron chi connectivity index (χ3n) is 10.7. The molecule has 7 rings (SSSR count). The lowest BCUT2D eigenvalue weighted by Gasteiger charge is -2.43. The Morgan fingerprint density at radius 1 is 0.846 bits per heavy atom. The van der Waals surface area contributed by atoms with E-state index >= 15 is 0 Å². The van der Waals surface area contributed by atoms with Gasteiger partial charge in [-0.2, -0.15) is 0 Å². The molecule has 1 aromatic heterocycles. The van der Waals surface area contributed by atoms with Crippen molar-refractivity contribution in [2.75, 3.05) is 51.4 Å². The number of H-pyrrole nitrogens is 1. The number of carbonyl (C=O) groups is 4. The highest BCUT2D eigenvalue weighted by atomic mass is 16.5. The van der Waals surface area contributed by atoms with E-state index in [1.165, 1.54) is 7.11 Å². The number of esters is 1. The van der Waals surface area contributed by atoms with Crippen molar-refractivity contribution in [3.63, 3.8) is 0 Å². The molecule has 3 saturated heterocycles. The van der Waals surface area contributed by atoms with E-state index < -0.39 is 23.6 Å². The van der Waals surface area contributed by atoms with E-state index in [4.69, 9.17) is 4.74 Å². The zero-order valence-electron chi connectivity index (χ0n) is 29.2. The van der Waals surface area contributed by atoms with Gasteiger partial charge in [0.05, 0.1) is 31.4 Å². The summed E-state index contributed by atoms with van der Waals surface area (Å²) in [4.78, 5) is 76.4. The SMILES string of the molecule is COC(=O)C(CNC(=O)N1CCC2(CC1)C(=O)N(Cc1ccccc1)CN2c1ccccc1)NC(=O)N1CCC(n2c(=O)[nH]c3ccccc32)CC1. The van der Waals surface area contributed by atoms with Crippen molar-refractivity contribution in [2.45, 2.75) is 49.9 Å². The first-order valence-electron chi connectivity index (χ1n) is 17.8. The Bertz CT molecular complexity index is 1970. The van der Waals surface area contributed by atoms with E-state index in [0.29, 0.717) is 65.1 Å². The molecule has 0 saturated carbocycles. The number of aromatic nitrogens is 2. The van der Waals surface area contributed by atoms with E-state index in [2.05, 4.69) is 20.5 Å². The average molecular weight is 709 g/mol. The maximum atomic E-state index is 14.1. The minimum Gasteiger partial charge on any atom is -0.467 e. The number of likely N-dealkylation sites (tertiary alicyclic amines) is 2. The number of hydrogen-bond acceptors (Lipinski definition) is 7. The Hall–Kier alpha value is -5.79. The van der Waals surface area contributed by atoms with Crippen LogP contribution in [0.1, 0.15) is 37.3 Å². The van der Waals surface area contributed by atoms with Crippen LogP contribution in [0, 0.1) is 0 Å². The van der Waals surface area contributed by atoms with Gasteiger partial charge in [-0.05, 0) is 55.5 Å². The summed E-state index contributed by atoms with van der Waals surface area (Å²) in [5, 5.41) is 5.53. The van der Waals surface area contributed by atoms with Gasteiger partial charge in [0.1, 0.15) is 11.6 Å². The van der Waals surface area contributed by atoms with Gasteiger partial charge in [-0.3, -0.25) is 9.36 Å². The maximum Gasteiger partial charge on any atom is 0.330 e. The number of rotatable bonds is 8. The van der Waals surface area contributed by atoms with Crippen LogP contribution in [-0.2, 0) is 20.9 Å². The average Bonchev–Trinajstić information content (AvgIpc) is 3.65. The fourth-order valence-corrected chi connectivity index (χ4v) is 7.85. The minimum atomic E-state index is -1.11. The number of benzene rings is 3. The topological polar surface area (TPSA) is 152 Å². The van der Waals surface area contributed by atoms with Crippen molar-refractivity contribution in [2.24, 2.45) is 0 Å². The van der Waals surface area contributed by atoms with Gasteiger partial charge in [-0.15, -0.1) is 0 Å². The summed E-state index contributed by atoms with van der Waals surface area (Å²) in [5.41, 5.74) is 2.64. The third kappa shape index (κ3) is 6.80. The molecule has 14 nitrogen and oxygen atoms in total. The number of hydrogen-bond donors (Lipinski definition) is 3. The molecule has 3 aromatic carbocycles. The second-order valence-electron chi connectivity index (χ2n) is 13.7. The van der Waals surface area contributed by atoms with Gasteiger partial charge in [0.2, 0.25) is 5.91 Å². The molecule has 1 atom stereocenters. The molecule has 5 amide bonds. The Morgan fingerprint density at radius 2 is 1.48 bits per heavy atom. The summed E-state index contributed by atoms with van der Waals surface area (Å²) in [5.74, 6) is -0.633. The normalized spacial score (nSPS) is 18.1. The zero-order chi connectivity index (χ0) is 36.2. The van der Waals surface area contributed by atoms with Crippen LogP contribution in [0.2, 0.25) is 0 Å². The van der Waals surface area contributed by atoms with Crippen molar-refractivity contribution in [1.82, 2.24) is 34.9 Å². The highest BCUT2D eigenvalue weighted by Crippen LogP contribution is 2.40. The van der Waals surface area contributed by atoms with Crippen LogP contribution in [0.15, 0.2) is 89.7 Å². The summed E-state index contributed by atoms with van der Waals surface area (Å²) in [6.07, 6.45) is 2.02. The first kappa shape index (κ1) is 34.6. The molecule has 1 spiro atoms. The number of urea groups is 2. The Labute approximate surface area is 301 Å². The van der Waals surface area contributed by atoms with Gasteiger partial charge in [0, 0.05) is 44.5 Å². The van der Waals surface area contributed by atoms with Gasteiger partial charge in [-0.1, -0.05) is 60.7 Å². The number of carbonyl (C=O) groups excluding carboxylic acids is 4. The van der Waals surface area contributed by atoms with Crippen LogP contribution in [-0.4, -0.2) is 106 Å². The molecule has 3 fully saturated rings. The fourth-order valence-electron chi connectivity index (χ4n) is 7.85. The van der Waals surface area contributed by atoms with E-state index in [9.17, 15) is 24.0 Å². The van der Waals surface area contributed by atoms with Crippen molar-refractivity contribution >= 4 is 40.7 Å². The van der Waals surface area contributed by atoms with Crippen LogP contribution >= 0.6 is 0 Å². The van der Waals surface area contributed by atoms with Crippen molar-refractivity contribution in [1.29, 1.82) is 0 Å². The predicted octanol–water partition coefficient (Wildman–Crippen LogP) is 3.27. The number of para-hydroxylation sites is 3. The molecule has 3 aliphatic heterocycles. The number of methoxy groups -OCH3 is 1. The molecule has 3 aliphatic rings. The van der Waals surface area contributed by atoms with E-state index in [-0.39, 0.29) is 30.2 Å². The summed E-state index contributed by atoms with van der Waals surface area (Å²) in [7, 11) is 1.23. The molecule has 4 aromatic rings. The lowest BCUT2D eigenvalue weighted by Crippen LogP contribution is -2.59. The standard InChI is InChI=1S/C38H44N8O6/c1-52-33(47)31(41-36(50)42-20-16-29(17-21-42)46-32-15-9-8-14-30(32)40-37(46)51)24-39-35(49)43-22-18-38(19-23-43)34(48)44(25-27-10-4-2-5-11-27)26-45(38)28-12-6-3-7-13-28/h2-15,29,31H,16-26H2,1H3,(H,39,49)(H,40,51)(H,41,50). The lowest BCUT2D eigenvalue weighted by molar-refractivity contribution is -0.142. The van der Waals surface area contributed by atoms with Crippen LogP contribution in [0.4, 0.5) is 15.3 Å². The van der Waals surface area contributed by atoms with E-state index in [1.54, 1.807) is 14.4 Å². The maximum absolute atomic E-state index is 14.1. The summed E-state index contributed by atoms with van der Waals surface area (Å²) >= 11 is 0. The van der Waals surface area contributed by atoms with Gasteiger partial charge < -0.3 is 40.0 Å². The van der Waals surface area contributed by atoms with Crippen LogP contribution in [0.25, 0.3) is 11.0 Å². The summed E-state index contributed by atoms with van der Waals surface area (Å²) < 4.78 is 6.71.